The second-order valence-electron chi connectivity index (χ2n) is 6.22. The van der Waals surface area contributed by atoms with E-state index in [9.17, 15) is 4.79 Å². The van der Waals surface area contributed by atoms with Gasteiger partial charge in [0.15, 0.2) is 0 Å². The Morgan fingerprint density at radius 3 is 2.43 bits per heavy atom. The highest BCUT2D eigenvalue weighted by molar-refractivity contribution is 6.44. The Labute approximate surface area is 146 Å². The average molecular weight is 352 g/mol. The highest BCUT2D eigenvalue weighted by Crippen LogP contribution is 2.32. The largest absolute Gasteiger partial charge is 0.495 e. The molecule has 0 heterocycles. The van der Waals surface area contributed by atoms with E-state index in [0.29, 0.717) is 22.0 Å². The zero-order valence-corrected chi connectivity index (χ0v) is 15.0. The number of carbonyl (C=O) groups excluding carboxylic acids is 1. The fourth-order valence-corrected chi connectivity index (χ4v) is 2.53. The molecule has 0 fully saturated rings. The van der Waals surface area contributed by atoms with E-state index in [0.717, 1.165) is 5.56 Å². The summed E-state index contributed by atoms with van der Waals surface area (Å²) in [5.74, 6) is 0.256. The van der Waals surface area contributed by atoms with Gasteiger partial charge >= 0.3 is 0 Å². The molecule has 1 N–H and O–H groups in total. The number of rotatable bonds is 3. The molecule has 2 rings (SSSR count). The van der Waals surface area contributed by atoms with Crippen molar-refractivity contribution < 1.29 is 9.53 Å². The number of carbonyl (C=O) groups is 1. The van der Waals surface area contributed by atoms with Crippen molar-refractivity contribution in [1.82, 2.24) is 0 Å². The molecule has 2 aromatic rings. The fourth-order valence-electron chi connectivity index (χ4n) is 2.14. The van der Waals surface area contributed by atoms with Gasteiger partial charge in [0.25, 0.3) is 5.91 Å². The van der Waals surface area contributed by atoms with Gasteiger partial charge in [-0.25, -0.2) is 0 Å². The number of benzene rings is 2. The van der Waals surface area contributed by atoms with Crippen LogP contribution in [0, 0.1) is 0 Å². The quantitative estimate of drug-likeness (QED) is 0.786. The molecule has 0 radical (unpaired) electrons. The van der Waals surface area contributed by atoms with Crippen LogP contribution in [0.3, 0.4) is 0 Å². The molecule has 0 aromatic heterocycles. The summed E-state index contributed by atoms with van der Waals surface area (Å²) >= 11 is 12.1. The Morgan fingerprint density at radius 2 is 1.83 bits per heavy atom. The van der Waals surface area contributed by atoms with Crippen LogP contribution in [0.15, 0.2) is 36.4 Å². The highest BCUT2D eigenvalue weighted by atomic mass is 35.5. The van der Waals surface area contributed by atoms with Gasteiger partial charge in [-0.1, -0.05) is 56.1 Å². The van der Waals surface area contributed by atoms with Crippen molar-refractivity contribution in [2.75, 3.05) is 12.4 Å². The summed E-state index contributed by atoms with van der Waals surface area (Å²) in [6, 6.07) is 10.7. The van der Waals surface area contributed by atoms with Crippen molar-refractivity contribution in [2.45, 2.75) is 26.2 Å². The molecule has 0 atom stereocenters. The summed E-state index contributed by atoms with van der Waals surface area (Å²) in [5.41, 5.74) is 1.97. The first-order chi connectivity index (χ1) is 10.7. The number of amides is 1. The van der Waals surface area contributed by atoms with Crippen LogP contribution in [0.1, 0.15) is 36.7 Å². The van der Waals surface area contributed by atoms with Crippen LogP contribution in [0.5, 0.6) is 5.75 Å². The molecule has 2 aromatic carbocycles. The van der Waals surface area contributed by atoms with Gasteiger partial charge in [0, 0.05) is 0 Å². The number of anilines is 1. The summed E-state index contributed by atoms with van der Waals surface area (Å²) in [6.45, 7) is 6.32. The van der Waals surface area contributed by atoms with Gasteiger partial charge in [0.2, 0.25) is 0 Å². The molecule has 0 saturated carbocycles. The van der Waals surface area contributed by atoms with Gasteiger partial charge in [0.05, 0.1) is 28.4 Å². The molecule has 122 valence electrons. The highest BCUT2D eigenvalue weighted by Gasteiger charge is 2.18. The maximum absolute atomic E-state index is 12.5. The minimum Gasteiger partial charge on any atom is -0.495 e. The number of halogens is 2. The van der Waals surface area contributed by atoms with E-state index < -0.39 is 0 Å². The number of nitrogens with one attached hydrogen (secondary N) is 1. The Balaban J connectivity index is 2.38. The van der Waals surface area contributed by atoms with Gasteiger partial charge < -0.3 is 10.1 Å². The first-order valence-electron chi connectivity index (χ1n) is 7.18. The standard InChI is InChI=1S/C18H19Cl2NO2/c1-18(2,3)11-8-9-15(23-4)14(10-11)21-17(22)12-6-5-7-13(19)16(12)20/h5-10H,1-4H3,(H,21,22). The van der Waals surface area contributed by atoms with Crippen LogP contribution in [-0.2, 0) is 5.41 Å². The summed E-state index contributed by atoms with van der Waals surface area (Å²) in [6.07, 6.45) is 0. The molecule has 0 unspecified atom stereocenters. The summed E-state index contributed by atoms with van der Waals surface area (Å²) < 4.78 is 5.33. The molecule has 0 saturated heterocycles. The number of hydrogen-bond acceptors (Lipinski definition) is 2. The zero-order chi connectivity index (χ0) is 17.2. The molecule has 0 spiro atoms. The average Bonchev–Trinajstić information content (AvgIpc) is 2.49. The first-order valence-corrected chi connectivity index (χ1v) is 7.93. The lowest BCUT2D eigenvalue weighted by Crippen LogP contribution is -2.16. The van der Waals surface area contributed by atoms with Crippen molar-refractivity contribution in [3.63, 3.8) is 0 Å². The zero-order valence-electron chi connectivity index (χ0n) is 13.5. The second kappa shape index (κ2) is 6.81. The Hall–Kier alpha value is -1.71. The molecule has 5 heteroatoms. The van der Waals surface area contributed by atoms with E-state index in [4.69, 9.17) is 27.9 Å². The molecule has 1 amide bonds. The van der Waals surface area contributed by atoms with Crippen LogP contribution in [-0.4, -0.2) is 13.0 Å². The van der Waals surface area contributed by atoms with Crippen molar-refractivity contribution in [3.05, 3.63) is 57.6 Å². The Kier molecular flexibility index (Phi) is 5.23. The van der Waals surface area contributed by atoms with E-state index in [1.807, 2.05) is 18.2 Å². The van der Waals surface area contributed by atoms with E-state index in [1.54, 1.807) is 25.3 Å². The Bertz CT molecular complexity index is 736. The number of methoxy groups -OCH3 is 1. The molecule has 0 bridgehead atoms. The molecule has 0 aliphatic carbocycles. The second-order valence-corrected chi connectivity index (χ2v) is 7.01. The van der Waals surface area contributed by atoms with Crippen molar-refractivity contribution in [1.29, 1.82) is 0 Å². The van der Waals surface area contributed by atoms with Crippen LogP contribution < -0.4 is 10.1 Å². The summed E-state index contributed by atoms with van der Waals surface area (Å²) in [4.78, 5) is 12.5. The third-order valence-corrected chi connectivity index (χ3v) is 4.33. The molecule has 23 heavy (non-hydrogen) atoms. The predicted octanol–water partition coefficient (Wildman–Crippen LogP) is 5.55. The fraction of sp³-hybridized carbons (Fsp3) is 0.278. The van der Waals surface area contributed by atoms with Crippen molar-refractivity contribution in [3.8, 4) is 5.75 Å². The maximum Gasteiger partial charge on any atom is 0.257 e. The lowest BCUT2D eigenvalue weighted by Gasteiger charge is -2.21. The smallest absolute Gasteiger partial charge is 0.257 e. The van der Waals surface area contributed by atoms with Crippen LogP contribution in [0.2, 0.25) is 10.0 Å². The van der Waals surface area contributed by atoms with Gasteiger partial charge in [-0.15, -0.1) is 0 Å². The monoisotopic (exact) mass is 351 g/mol. The van der Waals surface area contributed by atoms with Crippen molar-refractivity contribution >= 4 is 34.8 Å². The number of ether oxygens (including phenoxy) is 1. The third-order valence-electron chi connectivity index (χ3n) is 3.51. The lowest BCUT2D eigenvalue weighted by atomic mass is 9.87. The topological polar surface area (TPSA) is 38.3 Å². The van der Waals surface area contributed by atoms with Gasteiger partial charge in [-0.05, 0) is 35.2 Å². The van der Waals surface area contributed by atoms with E-state index in [2.05, 4.69) is 26.1 Å². The van der Waals surface area contributed by atoms with Gasteiger partial charge in [-0.2, -0.15) is 0 Å². The summed E-state index contributed by atoms with van der Waals surface area (Å²) in [7, 11) is 1.56. The molecule has 0 aliphatic heterocycles. The van der Waals surface area contributed by atoms with Crippen LogP contribution in [0.25, 0.3) is 0 Å². The minimum atomic E-state index is -0.332. The van der Waals surface area contributed by atoms with Crippen LogP contribution in [0.4, 0.5) is 5.69 Å². The predicted molar refractivity (Wildman–Crippen MR) is 96.1 cm³/mol. The maximum atomic E-state index is 12.5. The Morgan fingerprint density at radius 1 is 1.13 bits per heavy atom. The summed E-state index contributed by atoms with van der Waals surface area (Å²) in [5, 5.41) is 3.43. The molecular formula is C18H19Cl2NO2. The van der Waals surface area contributed by atoms with Crippen LogP contribution >= 0.6 is 23.2 Å². The van der Waals surface area contributed by atoms with Crippen molar-refractivity contribution in [2.24, 2.45) is 0 Å². The molecule has 3 nitrogen and oxygen atoms in total. The van der Waals surface area contributed by atoms with E-state index in [1.165, 1.54) is 0 Å². The SMILES string of the molecule is COc1ccc(C(C)(C)C)cc1NC(=O)c1cccc(Cl)c1Cl. The van der Waals surface area contributed by atoms with E-state index in [-0.39, 0.29) is 16.3 Å². The number of hydrogen-bond donors (Lipinski definition) is 1. The molecular weight excluding hydrogens is 333 g/mol. The first kappa shape index (κ1) is 17.6. The lowest BCUT2D eigenvalue weighted by molar-refractivity contribution is 0.102. The normalized spacial score (nSPS) is 11.2. The molecule has 0 aliphatic rings. The van der Waals surface area contributed by atoms with Gasteiger partial charge in [-0.3, -0.25) is 4.79 Å². The van der Waals surface area contributed by atoms with E-state index >= 15 is 0 Å². The minimum absolute atomic E-state index is 0.0422. The third kappa shape index (κ3) is 3.98. The van der Waals surface area contributed by atoms with Gasteiger partial charge in [0.1, 0.15) is 5.75 Å².